The van der Waals surface area contributed by atoms with E-state index < -0.39 is 0 Å². The zero-order valence-electron chi connectivity index (χ0n) is 7.92. The van der Waals surface area contributed by atoms with Gasteiger partial charge in [-0.15, -0.1) is 0 Å². The van der Waals surface area contributed by atoms with Gasteiger partial charge in [0, 0.05) is 11.8 Å². The smallest absolute Gasteiger partial charge is 0.292 e. The largest absolute Gasteiger partial charge is 0.471 e. The molecule has 1 aliphatic rings. The maximum absolute atomic E-state index is 10.9. The fourth-order valence-electron chi connectivity index (χ4n) is 1.17. The van der Waals surface area contributed by atoms with E-state index in [9.17, 15) is 4.79 Å². The van der Waals surface area contributed by atoms with Crippen molar-refractivity contribution in [1.82, 2.24) is 0 Å². The lowest BCUT2D eigenvalue weighted by molar-refractivity contribution is -0.126. The van der Waals surface area contributed by atoms with Crippen molar-refractivity contribution in [1.29, 1.82) is 0 Å². The third-order valence-corrected chi connectivity index (χ3v) is 2.06. The second kappa shape index (κ2) is 4.91. The second-order valence-corrected chi connectivity index (χ2v) is 3.49. The summed E-state index contributed by atoms with van der Waals surface area (Å²) in [5.41, 5.74) is 0.0139. The van der Waals surface area contributed by atoms with Gasteiger partial charge in [0.1, 0.15) is 5.78 Å². The Hall–Kier alpha value is -0.860. The molecule has 0 saturated heterocycles. The Bertz CT molecular complexity index is 161. The predicted molar refractivity (Wildman–Crippen MR) is 45.7 cm³/mol. The van der Waals surface area contributed by atoms with Crippen molar-refractivity contribution >= 4 is 12.3 Å². The van der Waals surface area contributed by atoms with Gasteiger partial charge in [-0.25, -0.2) is 0 Å². The Kier molecular flexibility index (Phi) is 4.55. The topological polar surface area (TPSA) is 43.4 Å². The van der Waals surface area contributed by atoms with Crippen molar-refractivity contribution in [2.45, 2.75) is 33.1 Å². The molecule has 1 aliphatic carbocycles. The zero-order chi connectivity index (χ0) is 9.61. The first-order chi connectivity index (χ1) is 5.54. The molecule has 0 N–H and O–H groups in total. The normalized spacial score (nSPS) is 19.4. The summed E-state index contributed by atoms with van der Waals surface area (Å²) in [7, 11) is 1.31. The van der Waals surface area contributed by atoms with Gasteiger partial charge in [-0.1, -0.05) is 13.8 Å². The molecule has 0 aromatic rings. The number of carbonyl (C=O) groups is 2. The zero-order valence-corrected chi connectivity index (χ0v) is 7.92. The first kappa shape index (κ1) is 11.1. The fraction of sp³-hybridized carbons (Fsp3) is 0.778. The molecule has 0 aromatic heterocycles. The molecular weight excluding hydrogens is 156 g/mol. The Labute approximate surface area is 73.1 Å². The van der Waals surface area contributed by atoms with E-state index in [1.165, 1.54) is 7.11 Å². The number of ketones is 1. The van der Waals surface area contributed by atoms with Crippen molar-refractivity contribution in [3.8, 4) is 0 Å². The molecule has 0 spiro atoms. The van der Waals surface area contributed by atoms with Gasteiger partial charge in [0.25, 0.3) is 6.47 Å². The van der Waals surface area contributed by atoms with Crippen LogP contribution in [0.1, 0.15) is 33.1 Å². The second-order valence-electron chi connectivity index (χ2n) is 3.49. The first-order valence-electron chi connectivity index (χ1n) is 4.04. The van der Waals surface area contributed by atoms with Crippen LogP contribution in [0.2, 0.25) is 0 Å². The van der Waals surface area contributed by atoms with Crippen LogP contribution in [-0.4, -0.2) is 19.4 Å². The van der Waals surface area contributed by atoms with E-state index in [4.69, 9.17) is 4.79 Å². The third kappa shape index (κ3) is 3.51. The summed E-state index contributed by atoms with van der Waals surface area (Å²) in [5.74, 6) is 0.442. The molecule has 3 nitrogen and oxygen atoms in total. The van der Waals surface area contributed by atoms with Crippen LogP contribution < -0.4 is 0 Å². The van der Waals surface area contributed by atoms with E-state index in [-0.39, 0.29) is 5.41 Å². The van der Waals surface area contributed by atoms with Crippen LogP contribution in [0.3, 0.4) is 0 Å². The van der Waals surface area contributed by atoms with E-state index in [1.54, 1.807) is 0 Å². The van der Waals surface area contributed by atoms with E-state index in [1.807, 2.05) is 13.8 Å². The molecule has 70 valence electrons. The Morgan fingerprint density at radius 3 is 2.08 bits per heavy atom. The molecule has 1 saturated carbocycles. The molecule has 0 unspecified atom stereocenters. The van der Waals surface area contributed by atoms with Crippen molar-refractivity contribution in [2.24, 2.45) is 5.41 Å². The lowest BCUT2D eigenvalue weighted by atomic mass is 9.91. The Balaban J connectivity index is 0.000000261. The van der Waals surface area contributed by atoms with Crippen molar-refractivity contribution in [2.75, 3.05) is 7.11 Å². The van der Waals surface area contributed by atoms with Gasteiger partial charge in [0.15, 0.2) is 0 Å². The summed E-state index contributed by atoms with van der Waals surface area (Å²) in [6.07, 6.45) is 3.00. The van der Waals surface area contributed by atoms with Crippen LogP contribution in [-0.2, 0) is 14.3 Å². The minimum absolute atomic E-state index is 0.0139. The maximum atomic E-state index is 10.9. The van der Waals surface area contributed by atoms with Gasteiger partial charge in [-0.05, 0) is 12.8 Å². The maximum Gasteiger partial charge on any atom is 0.292 e. The highest BCUT2D eigenvalue weighted by Gasteiger charge is 2.31. The van der Waals surface area contributed by atoms with Gasteiger partial charge >= 0.3 is 0 Å². The molecular formula is C9H16O3. The summed E-state index contributed by atoms with van der Waals surface area (Å²) >= 11 is 0. The van der Waals surface area contributed by atoms with Gasteiger partial charge in [0.2, 0.25) is 0 Å². The summed E-state index contributed by atoms with van der Waals surface area (Å²) in [6, 6.07) is 0. The molecule has 0 aromatic carbocycles. The lowest BCUT2D eigenvalue weighted by Gasteiger charge is -2.12. The number of rotatable bonds is 1. The predicted octanol–water partition coefficient (Wildman–Crippen LogP) is 1.55. The number of ether oxygens (including phenoxy) is 1. The first-order valence-corrected chi connectivity index (χ1v) is 4.04. The van der Waals surface area contributed by atoms with Gasteiger partial charge < -0.3 is 4.74 Å². The highest BCUT2D eigenvalue weighted by Crippen LogP contribution is 2.32. The quantitative estimate of drug-likeness (QED) is 0.564. The van der Waals surface area contributed by atoms with E-state index in [2.05, 4.69) is 4.74 Å². The van der Waals surface area contributed by atoms with Crippen LogP contribution in [0.4, 0.5) is 0 Å². The number of methoxy groups -OCH3 is 1. The van der Waals surface area contributed by atoms with E-state index >= 15 is 0 Å². The summed E-state index contributed by atoms with van der Waals surface area (Å²) in [4.78, 5) is 19.8. The molecule has 0 aliphatic heterocycles. The average molecular weight is 172 g/mol. The molecule has 0 amide bonds. The fourth-order valence-corrected chi connectivity index (χ4v) is 1.17. The number of Topliss-reactive ketones (excluding diaryl/α,β-unsaturated/α-hetero) is 1. The molecule has 12 heavy (non-hydrogen) atoms. The molecule has 0 radical (unpaired) electrons. The summed E-state index contributed by atoms with van der Waals surface area (Å²) in [6.45, 7) is 4.44. The van der Waals surface area contributed by atoms with Crippen LogP contribution in [0, 0.1) is 5.41 Å². The molecule has 1 fully saturated rings. The third-order valence-electron chi connectivity index (χ3n) is 2.06. The number of carbonyl (C=O) groups excluding carboxylic acids is 2. The monoisotopic (exact) mass is 172 g/mol. The minimum Gasteiger partial charge on any atom is -0.471 e. The van der Waals surface area contributed by atoms with Crippen molar-refractivity contribution < 1.29 is 14.3 Å². The van der Waals surface area contributed by atoms with Gasteiger partial charge in [-0.2, -0.15) is 0 Å². The Morgan fingerprint density at radius 1 is 1.50 bits per heavy atom. The van der Waals surface area contributed by atoms with Gasteiger partial charge in [0.05, 0.1) is 7.11 Å². The minimum atomic E-state index is 0.0139. The highest BCUT2D eigenvalue weighted by molar-refractivity contribution is 5.85. The standard InChI is InChI=1S/C7H12O.C2H4O2/c1-7(2)5-3-4-6(7)8;1-4-2-3/h3-5H2,1-2H3;2H,1H3. The van der Waals surface area contributed by atoms with E-state index in [0.717, 1.165) is 19.3 Å². The van der Waals surface area contributed by atoms with Gasteiger partial charge in [-0.3, -0.25) is 9.59 Å². The van der Waals surface area contributed by atoms with E-state index in [0.29, 0.717) is 12.3 Å². The van der Waals surface area contributed by atoms with Crippen LogP contribution in [0.15, 0.2) is 0 Å². The van der Waals surface area contributed by atoms with Crippen LogP contribution in [0.5, 0.6) is 0 Å². The van der Waals surface area contributed by atoms with Crippen LogP contribution >= 0.6 is 0 Å². The highest BCUT2D eigenvalue weighted by atomic mass is 16.5. The van der Waals surface area contributed by atoms with Crippen LogP contribution in [0.25, 0.3) is 0 Å². The molecule has 3 heteroatoms. The lowest BCUT2D eigenvalue weighted by Crippen LogP contribution is -2.15. The molecule has 0 bridgehead atoms. The Morgan fingerprint density at radius 2 is 2.00 bits per heavy atom. The SMILES string of the molecule is CC1(C)CCCC1=O.COC=O. The average Bonchev–Trinajstić information content (AvgIpc) is 2.31. The molecule has 0 heterocycles. The summed E-state index contributed by atoms with van der Waals surface area (Å²) in [5, 5.41) is 0. The number of hydrogen-bond acceptors (Lipinski definition) is 3. The summed E-state index contributed by atoms with van der Waals surface area (Å²) < 4.78 is 3.86. The molecule has 0 atom stereocenters. The molecule has 1 rings (SSSR count). The van der Waals surface area contributed by atoms with Crippen molar-refractivity contribution in [3.63, 3.8) is 0 Å². The number of hydrogen-bond donors (Lipinski definition) is 0. The van der Waals surface area contributed by atoms with Crippen molar-refractivity contribution in [3.05, 3.63) is 0 Å².